The summed E-state index contributed by atoms with van der Waals surface area (Å²) in [5, 5.41) is 0.927. The Kier molecular flexibility index (Phi) is 4.09. The van der Waals surface area contributed by atoms with E-state index in [-0.39, 0.29) is 11.8 Å². The van der Waals surface area contributed by atoms with Gasteiger partial charge in [-0.15, -0.1) is 0 Å². The number of benzene rings is 1. The van der Waals surface area contributed by atoms with Crippen LogP contribution in [0.4, 0.5) is 0 Å². The standard InChI is InChI=1S/C19H20N4O2/c1-25-18-6-2-5-15-14(18)10-16(22-15)19(24)23-9-3-4-13(12-23)17-11-20-7-8-21-17/h2,5-8,10-11,13,22H,3-4,9,12H2,1H3/t13-/m1/s1. The van der Waals surface area contributed by atoms with Gasteiger partial charge in [0.05, 0.1) is 12.8 Å². The lowest BCUT2D eigenvalue weighted by Crippen LogP contribution is -2.39. The van der Waals surface area contributed by atoms with E-state index in [1.165, 1.54) is 0 Å². The van der Waals surface area contributed by atoms with E-state index in [1.807, 2.05) is 29.2 Å². The van der Waals surface area contributed by atoms with Gasteiger partial charge in [-0.3, -0.25) is 14.8 Å². The van der Waals surface area contributed by atoms with Gasteiger partial charge in [0.2, 0.25) is 0 Å². The van der Waals surface area contributed by atoms with Crippen molar-refractivity contribution in [2.75, 3.05) is 20.2 Å². The molecule has 1 aliphatic rings. The molecule has 0 unspecified atom stereocenters. The van der Waals surface area contributed by atoms with Gasteiger partial charge in [0.25, 0.3) is 5.91 Å². The zero-order valence-corrected chi connectivity index (χ0v) is 14.1. The van der Waals surface area contributed by atoms with Gasteiger partial charge in [0, 0.05) is 48.5 Å². The van der Waals surface area contributed by atoms with Gasteiger partial charge >= 0.3 is 0 Å². The van der Waals surface area contributed by atoms with Crippen molar-refractivity contribution in [1.82, 2.24) is 19.9 Å². The molecule has 1 atom stereocenters. The number of amides is 1. The summed E-state index contributed by atoms with van der Waals surface area (Å²) in [5.41, 5.74) is 2.46. The number of rotatable bonds is 3. The van der Waals surface area contributed by atoms with E-state index in [2.05, 4.69) is 15.0 Å². The molecule has 0 bridgehead atoms. The highest BCUT2D eigenvalue weighted by atomic mass is 16.5. The summed E-state index contributed by atoms with van der Waals surface area (Å²) >= 11 is 0. The summed E-state index contributed by atoms with van der Waals surface area (Å²) in [6, 6.07) is 7.64. The highest BCUT2D eigenvalue weighted by molar-refractivity contribution is 5.99. The molecule has 3 aromatic rings. The van der Waals surface area contributed by atoms with Crippen LogP contribution < -0.4 is 4.74 Å². The summed E-state index contributed by atoms with van der Waals surface area (Å²) in [6.45, 7) is 1.44. The maximum absolute atomic E-state index is 13.0. The molecular weight excluding hydrogens is 316 g/mol. The Balaban J connectivity index is 1.58. The molecule has 0 saturated carbocycles. The summed E-state index contributed by atoms with van der Waals surface area (Å²) < 4.78 is 5.38. The molecule has 3 heterocycles. The van der Waals surface area contributed by atoms with Crippen molar-refractivity contribution < 1.29 is 9.53 Å². The minimum atomic E-state index is 0.0202. The zero-order valence-electron chi connectivity index (χ0n) is 14.1. The number of ether oxygens (including phenoxy) is 1. The Morgan fingerprint density at radius 2 is 2.28 bits per heavy atom. The molecule has 0 aliphatic carbocycles. The fourth-order valence-electron chi connectivity index (χ4n) is 3.52. The number of aromatic amines is 1. The van der Waals surface area contributed by atoms with Gasteiger partial charge in [-0.25, -0.2) is 0 Å². The van der Waals surface area contributed by atoms with E-state index >= 15 is 0 Å². The molecule has 1 aromatic carbocycles. The van der Waals surface area contributed by atoms with E-state index < -0.39 is 0 Å². The van der Waals surface area contributed by atoms with Crippen molar-refractivity contribution in [3.05, 3.63) is 54.2 Å². The lowest BCUT2D eigenvalue weighted by atomic mass is 9.95. The average Bonchev–Trinajstić information content (AvgIpc) is 3.12. The zero-order chi connectivity index (χ0) is 17.2. The van der Waals surface area contributed by atoms with Crippen LogP contribution in [0.2, 0.25) is 0 Å². The lowest BCUT2D eigenvalue weighted by molar-refractivity contribution is 0.0701. The molecule has 6 nitrogen and oxygen atoms in total. The molecular formula is C19H20N4O2. The Bertz CT molecular complexity index is 891. The highest BCUT2D eigenvalue weighted by Crippen LogP contribution is 2.29. The minimum Gasteiger partial charge on any atom is -0.496 e. The van der Waals surface area contributed by atoms with Gasteiger partial charge in [0.1, 0.15) is 11.4 Å². The molecule has 1 amide bonds. The molecule has 25 heavy (non-hydrogen) atoms. The second-order valence-electron chi connectivity index (χ2n) is 6.33. The van der Waals surface area contributed by atoms with Crippen LogP contribution in [0, 0.1) is 0 Å². The van der Waals surface area contributed by atoms with Gasteiger partial charge in [-0.2, -0.15) is 0 Å². The van der Waals surface area contributed by atoms with Crippen LogP contribution in [0.25, 0.3) is 10.9 Å². The third kappa shape index (κ3) is 2.95. The molecule has 0 radical (unpaired) electrons. The number of fused-ring (bicyclic) bond motifs is 1. The minimum absolute atomic E-state index is 0.0202. The number of H-pyrrole nitrogens is 1. The van der Waals surface area contributed by atoms with Gasteiger partial charge in [-0.05, 0) is 31.0 Å². The average molecular weight is 336 g/mol. The Morgan fingerprint density at radius 1 is 1.36 bits per heavy atom. The normalized spacial score (nSPS) is 17.6. The Hall–Kier alpha value is -2.89. The molecule has 128 valence electrons. The molecule has 0 spiro atoms. The number of nitrogens with one attached hydrogen (secondary N) is 1. The predicted molar refractivity (Wildman–Crippen MR) is 94.8 cm³/mol. The smallest absolute Gasteiger partial charge is 0.270 e. The van der Waals surface area contributed by atoms with Crippen molar-refractivity contribution in [1.29, 1.82) is 0 Å². The largest absolute Gasteiger partial charge is 0.496 e. The number of piperidine rings is 1. The van der Waals surface area contributed by atoms with Crippen LogP contribution in [0.1, 0.15) is 34.9 Å². The number of hydrogen-bond acceptors (Lipinski definition) is 4. The second kappa shape index (κ2) is 6.55. The fraction of sp³-hybridized carbons (Fsp3) is 0.316. The first-order chi connectivity index (χ1) is 12.3. The highest BCUT2D eigenvalue weighted by Gasteiger charge is 2.27. The third-order valence-electron chi connectivity index (χ3n) is 4.78. The maximum Gasteiger partial charge on any atom is 0.270 e. The Labute approximate surface area is 145 Å². The molecule has 1 aliphatic heterocycles. The summed E-state index contributed by atoms with van der Waals surface area (Å²) in [5.74, 6) is 1.03. The number of methoxy groups -OCH3 is 1. The van der Waals surface area contributed by atoms with Gasteiger partial charge in [-0.1, -0.05) is 6.07 Å². The van der Waals surface area contributed by atoms with Crippen LogP contribution >= 0.6 is 0 Å². The number of likely N-dealkylation sites (tertiary alicyclic amines) is 1. The summed E-state index contributed by atoms with van der Waals surface area (Å²) in [4.78, 5) is 26.6. The maximum atomic E-state index is 13.0. The quantitative estimate of drug-likeness (QED) is 0.798. The van der Waals surface area contributed by atoms with Crippen LogP contribution in [-0.2, 0) is 0 Å². The van der Waals surface area contributed by atoms with Crippen molar-refractivity contribution in [2.45, 2.75) is 18.8 Å². The first-order valence-electron chi connectivity index (χ1n) is 8.47. The van der Waals surface area contributed by atoms with Crippen molar-refractivity contribution in [3.8, 4) is 5.75 Å². The van der Waals surface area contributed by atoms with Crippen LogP contribution in [0.15, 0.2) is 42.9 Å². The fourth-order valence-corrected chi connectivity index (χ4v) is 3.52. The van der Waals surface area contributed by atoms with Crippen LogP contribution in [-0.4, -0.2) is 46.0 Å². The topological polar surface area (TPSA) is 71.1 Å². The summed E-state index contributed by atoms with van der Waals surface area (Å²) in [6.07, 6.45) is 7.18. The molecule has 2 aromatic heterocycles. The number of aromatic nitrogens is 3. The number of hydrogen-bond donors (Lipinski definition) is 1. The van der Waals surface area contributed by atoms with E-state index in [0.29, 0.717) is 12.2 Å². The summed E-state index contributed by atoms with van der Waals surface area (Å²) in [7, 11) is 1.64. The first kappa shape index (κ1) is 15.6. The molecule has 1 fully saturated rings. The van der Waals surface area contributed by atoms with E-state index in [0.717, 1.165) is 41.7 Å². The molecule has 1 saturated heterocycles. The van der Waals surface area contributed by atoms with Gasteiger partial charge < -0.3 is 14.6 Å². The van der Waals surface area contributed by atoms with Crippen LogP contribution in [0.3, 0.4) is 0 Å². The molecule has 6 heteroatoms. The monoisotopic (exact) mass is 336 g/mol. The van der Waals surface area contributed by atoms with Crippen molar-refractivity contribution >= 4 is 16.8 Å². The third-order valence-corrected chi connectivity index (χ3v) is 4.78. The number of carbonyl (C=O) groups excluding carboxylic acids is 1. The second-order valence-corrected chi connectivity index (χ2v) is 6.33. The SMILES string of the molecule is COc1cccc2[nH]c(C(=O)N3CCC[C@@H](c4cnccn4)C3)cc12. The molecule has 4 rings (SSSR count). The predicted octanol–water partition coefficient (Wildman–Crippen LogP) is 2.99. The lowest BCUT2D eigenvalue weighted by Gasteiger charge is -2.32. The molecule has 1 N–H and O–H groups in total. The van der Waals surface area contributed by atoms with Crippen molar-refractivity contribution in [2.24, 2.45) is 0 Å². The van der Waals surface area contributed by atoms with E-state index in [1.54, 1.807) is 25.7 Å². The first-order valence-corrected chi connectivity index (χ1v) is 8.47. The van der Waals surface area contributed by atoms with Crippen molar-refractivity contribution in [3.63, 3.8) is 0 Å². The van der Waals surface area contributed by atoms with E-state index in [9.17, 15) is 4.79 Å². The number of nitrogens with zero attached hydrogens (tertiary/aromatic N) is 3. The van der Waals surface area contributed by atoms with E-state index in [4.69, 9.17) is 4.74 Å². The Morgan fingerprint density at radius 3 is 3.08 bits per heavy atom. The van der Waals surface area contributed by atoms with Crippen LogP contribution in [0.5, 0.6) is 5.75 Å². The number of carbonyl (C=O) groups is 1. The van der Waals surface area contributed by atoms with Gasteiger partial charge in [0.15, 0.2) is 0 Å².